The zero-order valence-electron chi connectivity index (χ0n) is 12.6. The lowest BCUT2D eigenvalue weighted by Crippen LogP contribution is -2.46. The Kier molecular flexibility index (Phi) is 4.10. The Morgan fingerprint density at radius 1 is 1.19 bits per heavy atom. The molecule has 0 saturated carbocycles. The van der Waals surface area contributed by atoms with E-state index in [1.165, 1.54) is 0 Å². The molecule has 4 nitrogen and oxygen atoms in total. The van der Waals surface area contributed by atoms with Gasteiger partial charge in [0.15, 0.2) is 11.6 Å². The van der Waals surface area contributed by atoms with Crippen molar-refractivity contribution in [2.24, 2.45) is 5.41 Å². The zero-order valence-corrected chi connectivity index (χ0v) is 13.4. The molecule has 21 heavy (non-hydrogen) atoms. The van der Waals surface area contributed by atoms with Gasteiger partial charge in [-0.15, -0.1) is 0 Å². The number of imidazole rings is 1. The van der Waals surface area contributed by atoms with E-state index in [2.05, 4.69) is 9.97 Å². The smallest absolute Gasteiger partial charge is 0.221 e. The highest BCUT2D eigenvalue weighted by Gasteiger charge is 2.45. The first-order chi connectivity index (χ1) is 9.73. The maximum absolute atomic E-state index is 12.8. The van der Waals surface area contributed by atoms with Crippen LogP contribution in [0.2, 0.25) is 5.02 Å². The molecule has 0 amide bonds. The molecule has 1 unspecified atom stereocenters. The number of aromatic nitrogens is 2. The van der Waals surface area contributed by atoms with Crippen molar-refractivity contribution < 1.29 is 9.53 Å². The van der Waals surface area contributed by atoms with Crippen molar-refractivity contribution in [3.63, 3.8) is 0 Å². The quantitative estimate of drug-likeness (QED) is 0.929. The predicted octanol–water partition coefficient (Wildman–Crippen LogP) is 3.97. The van der Waals surface area contributed by atoms with Crippen LogP contribution in [0.4, 0.5) is 0 Å². The van der Waals surface area contributed by atoms with E-state index in [0.717, 1.165) is 0 Å². The Morgan fingerprint density at radius 3 is 2.29 bits per heavy atom. The molecule has 0 spiro atoms. The fourth-order valence-electron chi connectivity index (χ4n) is 2.18. The summed E-state index contributed by atoms with van der Waals surface area (Å²) in [5.41, 5.74) is -1.75. The average molecular weight is 307 g/mol. The van der Waals surface area contributed by atoms with E-state index in [1.807, 2.05) is 20.8 Å². The molecule has 5 heteroatoms. The van der Waals surface area contributed by atoms with Crippen LogP contribution in [0.25, 0.3) is 0 Å². The minimum absolute atomic E-state index is 0.0556. The van der Waals surface area contributed by atoms with Crippen LogP contribution >= 0.6 is 11.6 Å². The van der Waals surface area contributed by atoms with Gasteiger partial charge in [0.05, 0.1) is 0 Å². The van der Waals surface area contributed by atoms with Crippen LogP contribution in [0, 0.1) is 5.41 Å². The van der Waals surface area contributed by atoms with Crippen molar-refractivity contribution in [2.45, 2.75) is 33.3 Å². The number of nitrogens with one attached hydrogen (secondary N) is 1. The van der Waals surface area contributed by atoms with Gasteiger partial charge in [-0.2, -0.15) is 0 Å². The third kappa shape index (κ3) is 3.27. The SMILES string of the molecule is CC(C)(C)C(=O)C(C)(Oc1ccc(Cl)cc1)c1ncc[nH]1. The Labute approximate surface area is 129 Å². The maximum atomic E-state index is 12.8. The molecule has 2 aromatic rings. The summed E-state index contributed by atoms with van der Waals surface area (Å²) >= 11 is 5.88. The lowest BCUT2D eigenvalue weighted by Gasteiger charge is -2.33. The molecule has 0 aliphatic heterocycles. The number of carbonyl (C=O) groups excluding carboxylic acids is 1. The second-order valence-electron chi connectivity index (χ2n) is 6.11. The second kappa shape index (κ2) is 5.53. The predicted molar refractivity (Wildman–Crippen MR) is 82.5 cm³/mol. The van der Waals surface area contributed by atoms with Crippen LogP contribution in [0.15, 0.2) is 36.7 Å². The fourth-order valence-corrected chi connectivity index (χ4v) is 2.31. The summed E-state index contributed by atoms with van der Waals surface area (Å²) in [5.74, 6) is 0.994. The number of rotatable bonds is 4. The fraction of sp³-hybridized carbons (Fsp3) is 0.375. The molecule has 1 N–H and O–H groups in total. The highest BCUT2D eigenvalue weighted by atomic mass is 35.5. The Balaban J connectivity index is 2.42. The number of aromatic amines is 1. The molecule has 1 aromatic carbocycles. The number of nitrogens with zero attached hydrogens (tertiary/aromatic N) is 1. The number of Topliss-reactive ketones (excluding diaryl/α,β-unsaturated/α-hetero) is 1. The van der Waals surface area contributed by atoms with Gasteiger partial charge in [-0.3, -0.25) is 4.79 Å². The van der Waals surface area contributed by atoms with Crippen LogP contribution in [-0.2, 0) is 10.4 Å². The molecule has 0 fully saturated rings. The van der Waals surface area contributed by atoms with E-state index in [9.17, 15) is 4.79 Å². The summed E-state index contributed by atoms with van der Waals surface area (Å²) in [6, 6.07) is 6.92. The van der Waals surface area contributed by atoms with E-state index < -0.39 is 11.0 Å². The first kappa shape index (κ1) is 15.6. The molecule has 1 heterocycles. The van der Waals surface area contributed by atoms with Crippen LogP contribution in [0.3, 0.4) is 0 Å². The topological polar surface area (TPSA) is 55.0 Å². The van der Waals surface area contributed by atoms with Gasteiger partial charge in [0.25, 0.3) is 0 Å². The van der Waals surface area contributed by atoms with Gasteiger partial charge in [-0.25, -0.2) is 4.98 Å². The average Bonchev–Trinajstić information content (AvgIpc) is 2.94. The normalized spacial score (nSPS) is 14.5. The summed E-state index contributed by atoms with van der Waals surface area (Å²) in [6.45, 7) is 7.32. The first-order valence-corrected chi connectivity index (χ1v) is 7.10. The second-order valence-corrected chi connectivity index (χ2v) is 6.54. The number of H-pyrrole nitrogens is 1. The van der Waals surface area contributed by atoms with E-state index >= 15 is 0 Å². The third-order valence-corrected chi connectivity index (χ3v) is 3.45. The van der Waals surface area contributed by atoms with Crippen molar-refractivity contribution in [2.75, 3.05) is 0 Å². The number of hydrogen-bond donors (Lipinski definition) is 1. The number of ether oxygens (including phenoxy) is 1. The van der Waals surface area contributed by atoms with Crippen molar-refractivity contribution in [3.05, 3.63) is 47.5 Å². The third-order valence-electron chi connectivity index (χ3n) is 3.20. The summed E-state index contributed by atoms with van der Waals surface area (Å²) < 4.78 is 5.99. The van der Waals surface area contributed by atoms with Crippen LogP contribution < -0.4 is 4.74 Å². The van der Waals surface area contributed by atoms with Gasteiger partial charge in [0.1, 0.15) is 5.75 Å². The molecule has 0 radical (unpaired) electrons. The molecule has 1 aromatic heterocycles. The number of hydrogen-bond acceptors (Lipinski definition) is 3. The van der Waals surface area contributed by atoms with E-state index in [-0.39, 0.29) is 5.78 Å². The van der Waals surface area contributed by atoms with E-state index in [1.54, 1.807) is 43.6 Å². The maximum Gasteiger partial charge on any atom is 0.221 e. The van der Waals surface area contributed by atoms with Gasteiger partial charge < -0.3 is 9.72 Å². The molecule has 0 aliphatic rings. The van der Waals surface area contributed by atoms with E-state index in [0.29, 0.717) is 16.6 Å². The number of carbonyl (C=O) groups is 1. The molecule has 1 atom stereocenters. The van der Waals surface area contributed by atoms with Gasteiger partial charge in [-0.05, 0) is 31.2 Å². The monoisotopic (exact) mass is 306 g/mol. The van der Waals surface area contributed by atoms with Crippen LogP contribution in [0.5, 0.6) is 5.75 Å². The number of ketones is 1. The largest absolute Gasteiger partial charge is 0.472 e. The van der Waals surface area contributed by atoms with E-state index in [4.69, 9.17) is 16.3 Å². The molecule has 0 aliphatic carbocycles. The summed E-state index contributed by atoms with van der Waals surface area (Å²) in [5, 5.41) is 0.615. The van der Waals surface area contributed by atoms with Crippen molar-refractivity contribution in [1.29, 1.82) is 0 Å². The first-order valence-electron chi connectivity index (χ1n) is 6.73. The molecular weight excluding hydrogens is 288 g/mol. The summed E-state index contributed by atoms with van der Waals surface area (Å²) in [6.07, 6.45) is 3.28. The lowest BCUT2D eigenvalue weighted by atomic mass is 9.80. The molecular formula is C16H19ClN2O2. The van der Waals surface area contributed by atoms with Crippen molar-refractivity contribution in [3.8, 4) is 5.75 Å². The molecule has 2 rings (SSSR count). The van der Waals surface area contributed by atoms with Crippen LogP contribution in [-0.4, -0.2) is 15.8 Å². The zero-order chi connectivity index (χ0) is 15.7. The summed E-state index contributed by atoms with van der Waals surface area (Å²) in [7, 11) is 0. The highest BCUT2D eigenvalue weighted by Crippen LogP contribution is 2.34. The summed E-state index contributed by atoms with van der Waals surface area (Å²) in [4.78, 5) is 20.0. The van der Waals surface area contributed by atoms with Crippen molar-refractivity contribution >= 4 is 17.4 Å². The number of benzene rings is 1. The Bertz CT molecular complexity index is 615. The van der Waals surface area contributed by atoms with Gasteiger partial charge in [0.2, 0.25) is 5.60 Å². The number of halogens is 1. The van der Waals surface area contributed by atoms with Gasteiger partial charge in [-0.1, -0.05) is 32.4 Å². The lowest BCUT2D eigenvalue weighted by molar-refractivity contribution is -0.142. The molecule has 0 bridgehead atoms. The Hall–Kier alpha value is -1.81. The van der Waals surface area contributed by atoms with Gasteiger partial charge >= 0.3 is 0 Å². The molecule has 112 valence electrons. The minimum Gasteiger partial charge on any atom is -0.472 e. The highest BCUT2D eigenvalue weighted by molar-refractivity contribution is 6.30. The van der Waals surface area contributed by atoms with Gasteiger partial charge in [0, 0.05) is 22.8 Å². The standard InChI is InChI=1S/C16H19ClN2O2/c1-15(2,3)13(20)16(4,14-18-9-10-19-14)21-12-7-5-11(17)6-8-12/h5-10H,1-4H3,(H,18,19). The minimum atomic E-state index is -1.18. The van der Waals surface area contributed by atoms with Crippen molar-refractivity contribution in [1.82, 2.24) is 9.97 Å². The molecule has 0 saturated heterocycles. The Morgan fingerprint density at radius 2 is 1.81 bits per heavy atom. The van der Waals surface area contributed by atoms with Crippen LogP contribution in [0.1, 0.15) is 33.5 Å².